The van der Waals surface area contributed by atoms with Gasteiger partial charge in [-0.3, -0.25) is 9.80 Å². The highest BCUT2D eigenvalue weighted by atomic mass is 19.4. The molecule has 0 aromatic carbocycles. The molecule has 0 saturated carbocycles. The van der Waals surface area contributed by atoms with E-state index in [1.807, 2.05) is 0 Å². The van der Waals surface area contributed by atoms with Crippen LogP contribution in [-0.4, -0.2) is 85.8 Å². The normalized spacial score (nSPS) is 31.3. The van der Waals surface area contributed by atoms with E-state index in [4.69, 9.17) is 5.73 Å². The summed E-state index contributed by atoms with van der Waals surface area (Å²) in [5.74, 6) is 0. The van der Waals surface area contributed by atoms with Crippen LogP contribution >= 0.6 is 0 Å². The smallest absolute Gasteiger partial charge is 0.329 e. The van der Waals surface area contributed by atoms with Gasteiger partial charge in [0.1, 0.15) is 0 Å². The van der Waals surface area contributed by atoms with Crippen molar-refractivity contribution in [3.05, 3.63) is 0 Å². The Morgan fingerprint density at radius 3 is 2.24 bits per heavy atom. The molecule has 2 heterocycles. The molecule has 0 aromatic rings. The number of hydrogen-bond acceptors (Lipinski definition) is 4. The van der Waals surface area contributed by atoms with Crippen LogP contribution in [0.4, 0.5) is 13.2 Å². The molecule has 124 valence electrons. The van der Waals surface area contributed by atoms with Gasteiger partial charge in [-0.05, 0) is 39.4 Å². The van der Waals surface area contributed by atoms with Crippen LogP contribution in [0.3, 0.4) is 0 Å². The van der Waals surface area contributed by atoms with Gasteiger partial charge >= 0.3 is 6.18 Å². The summed E-state index contributed by atoms with van der Waals surface area (Å²) < 4.78 is 37.3. The SMILES string of the molecule is CN1CCCC(CN)(N2CCN(CC(F)(F)F)CC2)CC1. The molecule has 0 spiro atoms. The summed E-state index contributed by atoms with van der Waals surface area (Å²) in [7, 11) is 2.12. The molecule has 1 atom stereocenters. The van der Waals surface area contributed by atoms with E-state index >= 15 is 0 Å². The highest BCUT2D eigenvalue weighted by Gasteiger charge is 2.39. The van der Waals surface area contributed by atoms with Gasteiger partial charge in [-0.2, -0.15) is 13.2 Å². The fourth-order valence-corrected chi connectivity index (χ4v) is 3.60. The monoisotopic (exact) mass is 308 g/mol. The fourth-order valence-electron chi connectivity index (χ4n) is 3.60. The third-order valence-electron chi connectivity index (χ3n) is 4.97. The van der Waals surface area contributed by atoms with E-state index in [-0.39, 0.29) is 5.54 Å². The topological polar surface area (TPSA) is 35.7 Å². The van der Waals surface area contributed by atoms with E-state index in [0.717, 1.165) is 32.4 Å². The van der Waals surface area contributed by atoms with Gasteiger partial charge in [0.25, 0.3) is 0 Å². The highest BCUT2D eigenvalue weighted by Crippen LogP contribution is 2.29. The average Bonchev–Trinajstić information content (AvgIpc) is 2.61. The Labute approximate surface area is 125 Å². The first-order valence-electron chi connectivity index (χ1n) is 7.77. The number of rotatable bonds is 3. The quantitative estimate of drug-likeness (QED) is 0.843. The third kappa shape index (κ3) is 4.55. The van der Waals surface area contributed by atoms with Crippen LogP contribution in [-0.2, 0) is 0 Å². The van der Waals surface area contributed by atoms with E-state index in [9.17, 15) is 13.2 Å². The van der Waals surface area contributed by atoms with Crippen molar-refractivity contribution in [3.63, 3.8) is 0 Å². The average molecular weight is 308 g/mol. The molecular weight excluding hydrogens is 281 g/mol. The summed E-state index contributed by atoms with van der Waals surface area (Å²) in [4.78, 5) is 6.17. The largest absolute Gasteiger partial charge is 0.401 e. The lowest BCUT2D eigenvalue weighted by atomic mass is 9.87. The van der Waals surface area contributed by atoms with E-state index in [2.05, 4.69) is 16.8 Å². The van der Waals surface area contributed by atoms with Crippen molar-refractivity contribution in [1.29, 1.82) is 0 Å². The summed E-state index contributed by atoms with van der Waals surface area (Å²) in [6.45, 7) is 4.25. The van der Waals surface area contributed by atoms with Gasteiger partial charge in [0.15, 0.2) is 0 Å². The van der Waals surface area contributed by atoms with Crippen molar-refractivity contribution < 1.29 is 13.2 Å². The molecule has 2 aliphatic heterocycles. The second-order valence-electron chi connectivity index (χ2n) is 6.46. The Kier molecular flexibility index (Phi) is 5.51. The zero-order valence-electron chi connectivity index (χ0n) is 12.8. The van der Waals surface area contributed by atoms with E-state index in [0.29, 0.717) is 32.7 Å². The molecule has 2 saturated heterocycles. The Hall–Kier alpha value is -0.370. The van der Waals surface area contributed by atoms with Gasteiger partial charge in [-0.25, -0.2) is 0 Å². The molecular formula is C14H27F3N4. The Bertz CT molecular complexity index is 329. The third-order valence-corrected chi connectivity index (χ3v) is 4.97. The van der Waals surface area contributed by atoms with Gasteiger partial charge < -0.3 is 10.6 Å². The predicted octanol–water partition coefficient (Wildman–Crippen LogP) is 0.980. The van der Waals surface area contributed by atoms with Gasteiger partial charge in [0.05, 0.1) is 6.54 Å². The second kappa shape index (κ2) is 6.81. The number of alkyl halides is 3. The molecule has 2 fully saturated rings. The van der Waals surface area contributed by atoms with Crippen LogP contribution in [0.2, 0.25) is 0 Å². The minimum atomic E-state index is -4.10. The predicted molar refractivity (Wildman–Crippen MR) is 77.2 cm³/mol. The molecule has 0 radical (unpaired) electrons. The zero-order chi connectivity index (χ0) is 15.5. The van der Waals surface area contributed by atoms with Gasteiger partial charge in [-0.15, -0.1) is 0 Å². The first-order chi connectivity index (χ1) is 9.85. The van der Waals surface area contributed by atoms with Crippen LogP contribution in [0.25, 0.3) is 0 Å². The second-order valence-corrected chi connectivity index (χ2v) is 6.46. The number of piperazine rings is 1. The molecule has 0 bridgehead atoms. The number of hydrogen-bond donors (Lipinski definition) is 1. The number of likely N-dealkylation sites (tertiary alicyclic amines) is 1. The summed E-state index contributed by atoms with van der Waals surface area (Å²) >= 11 is 0. The maximum Gasteiger partial charge on any atom is 0.401 e. The molecule has 0 aromatic heterocycles. The molecule has 4 nitrogen and oxygen atoms in total. The van der Waals surface area contributed by atoms with E-state index < -0.39 is 12.7 Å². The number of nitrogens with zero attached hydrogens (tertiary/aromatic N) is 3. The molecule has 7 heteroatoms. The molecule has 0 aliphatic carbocycles. The van der Waals surface area contributed by atoms with Gasteiger partial charge in [-0.1, -0.05) is 0 Å². The summed E-state index contributed by atoms with van der Waals surface area (Å²) in [5.41, 5.74) is 6.05. The Balaban J connectivity index is 1.92. The van der Waals surface area contributed by atoms with Gasteiger partial charge in [0, 0.05) is 38.3 Å². The van der Waals surface area contributed by atoms with Crippen LogP contribution in [0.1, 0.15) is 19.3 Å². The lowest BCUT2D eigenvalue weighted by Gasteiger charge is -2.47. The zero-order valence-corrected chi connectivity index (χ0v) is 12.8. The van der Waals surface area contributed by atoms with Crippen molar-refractivity contribution >= 4 is 0 Å². The Morgan fingerprint density at radius 2 is 1.67 bits per heavy atom. The number of nitrogens with two attached hydrogens (primary N) is 1. The lowest BCUT2D eigenvalue weighted by Crippen LogP contribution is -2.61. The first kappa shape index (κ1) is 17.0. The molecule has 21 heavy (non-hydrogen) atoms. The van der Waals surface area contributed by atoms with Crippen LogP contribution in [0, 0.1) is 0 Å². The number of halogens is 3. The van der Waals surface area contributed by atoms with Crippen LogP contribution in [0.5, 0.6) is 0 Å². The fraction of sp³-hybridized carbons (Fsp3) is 1.00. The van der Waals surface area contributed by atoms with E-state index in [1.54, 1.807) is 0 Å². The maximum absolute atomic E-state index is 12.4. The van der Waals surface area contributed by atoms with Crippen LogP contribution in [0.15, 0.2) is 0 Å². The van der Waals surface area contributed by atoms with Crippen LogP contribution < -0.4 is 5.73 Å². The standard InChI is InChI=1S/C14H27F3N4/c1-19-5-2-3-13(11-18,4-6-19)21-9-7-20(8-10-21)12-14(15,16)17/h2-12,18H2,1H3. The summed E-state index contributed by atoms with van der Waals surface area (Å²) in [6.07, 6.45) is -0.929. The van der Waals surface area contributed by atoms with E-state index in [1.165, 1.54) is 4.90 Å². The van der Waals surface area contributed by atoms with Crippen molar-refractivity contribution in [2.24, 2.45) is 5.73 Å². The summed E-state index contributed by atoms with van der Waals surface area (Å²) in [6, 6.07) is 0. The highest BCUT2D eigenvalue weighted by molar-refractivity contribution is 4.96. The summed E-state index contributed by atoms with van der Waals surface area (Å²) in [5, 5.41) is 0. The first-order valence-corrected chi connectivity index (χ1v) is 7.77. The molecule has 2 rings (SSSR count). The lowest BCUT2D eigenvalue weighted by molar-refractivity contribution is -0.151. The maximum atomic E-state index is 12.4. The minimum Gasteiger partial charge on any atom is -0.329 e. The van der Waals surface area contributed by atoms with Gasteiger partial charge in [0.2, 0.25) is 0 Å². The van der Waals surface area contributed by atoms with Crippen molar-refractivity contribution in [2.45, 2.75) is 31.0 Å². The minimum absolute atomic E-state index is 0.0188. The van der Waals surface area contributed by atoms with Crippen molar-refractivity contribution in [1.82, 2.24) is 14.7 Å². The molecule has 2 aliphatic rings. The van der Waals surface area contributed by atoms with Crippen molar-refractivity contribution in [3.8, 4) is 0 Å². The molecule has 0 amide bonds. The molecule has 1 unspecified atom stereocenters. The molecule has 2 N–H and O–H groups in total. The van der Waals surface area contributed by atoms with Crippen molar-refractivity contribution in [2.75, 3.05) is 59.4 Å². The Morgan fingerprint density at radius 1 is 1.00 bits per heavy atom.